The van der Waals surface area contributed by atoms with E-state index in [2.05, 4.69) is 0 Å². The summed E-state index contributed by atoms with van der Waals surface area (Å²) in [5.74, 6) is -3.64. The Labute approximate surface area is 196 Å². The average Bonchev–Trinajstić information content (AvgIpc) is 3.17. The van der Waals surface area contributed by atoms with Crippen molar-refractivity contribution in [1.29, 1.82) is 0 Å². The van der Waals surface area contributed by atoms with Crippen LogP contribution in [-0.2, 0) is 23.7 Å². The van der Waals surface area contributed by atoms with Gasteiger partial charge < -0.3 is 44.5 Å². The van der Waals surface area contributed by atoms with Crippen molar-refractivity contribution in [2.75, 3.05) is 6.61 Å². The van der Waals surface area contributed by atoms with Crippen LogP contribution in [0.1, 0.15) is 25.3 Å². The fraction of sp³-hybridized carbons (Fsp3) is 0.542. The zero-order chi connectivity index (χ0) is 24.5. The fourth-order valence-electron chi connectivity index (χ4n) is 4.82. The first-order chi connectivity index (χ1) is 16.2. The van der Waals surface area contributed by atoms with E-state index in [-0.39, 0.29) is 5.92 Å². The second-order valence-corrected chi connectivity index (χ2v) is 9.09. The largest absolute Gasteiger partial charge is 0.472 e. The van der Waals surface area contributed by atoms with E-state index in [0.717, 1.165) is 5.56 Å². The summed E-state index contributed by atoms with van der Waals surface area (Å²) in [6.45, 7) is 0.726. The van der Waals surface area contributed by atoms with Crippen LogP contribution in [0, 0.1) is 11.8 Å². The van der Waals surface area contributed by atoms with Crippen LogP contribution in [0.3, 0.4) is 0 Å². The summed E-state index contributed by atoms with van der Waals surface area (Å²) >= 11 is 0. The molecule has 34 heavy (non-hydrogen) atoms. The number of esters is 1. The van der Waals surface area contributed by atoms with Crippen molar-refractivity contribution >= 4 is 12.0 Å². The van der Waals surface area contributed by atoms with Crippen LogP contribution in [0.15, 0.2) is 48.7 Å². The zero-order valence-electron chi connectivity index (χ0n) is 18.6. The Morgan fingerprint density at radius 2 is 1.91 bits per heavy atom. The highest BCUT2D eigenvalue weighted by atomic mass is 16.8. The number of aliphatic hydroxyl groups is 5. The Bertz CT molecular complexity index is 920. The van der Waals surface area contributed by atoms with E-state index in [1.807, 2.05) is 36.4 Å². The van der Waals surface area contributed by atoms with Crippen LogP contribution in [0.4, 0.5) is 0 Å². The molecule has 2 aliphatic heterocycles. The van der Waals surface area contributed by atoms with Crippen LogP contribution in [-0.4, -0.2) is 80.4 Å². The van der Waals surface area contributed by atoms with Gasteiger partial charge in [-0.3, -0.25) is 0 Å². The highest BCUT2D eigenvalue weighted by molar-refractivity contribution is 5.87. The smallest absolute Gasteiger partial charge is 0.331 e. The molecule has 2 fully saturated rings. The van der Waals surface area contributed by atoms with Gasteiger partial charge >= 0.3 is 5.97 Å². The third-order valence-electron chi connectivity index (χ3n) is 6.75. The van der Waals surface area contributed by atoms with Crippen LogP contribution >= 0.6 is 0 Å². The van der Waals surface area contributed by atoms with Crippen molar-refractivity contribution < 1.29 is 49.3 Å². The molecule has 0 bridgehead atoms. The van der Waals surface area contributed by atoms with Crippen molar-refractivity contribution in [3.63, 3.8) is 0 Å². The molecule has 1 unspecified atom stereocenters. The highest BCUT2D eigenvalue weighted by Crippen LogP contribution is 2.49. The predicted molar refractivity (Wildman–Crippen MR) is 116 cm³/mol. The van der Waals surface area contributed by atoms with Gasteiger partial charge in [0.2, 0.25) is 12.1 Å². The molecular formula is C24H30O10. The summed E-state index contributed by atoms with van der Waals surface area (Å²) in [4.78, 5) is 12.6. The molecule has 2 heterocycles. The number of hydrogen-bond donors (Lipinski definition) is 5. The molecule has 0 amide bonds. The molecular weight excluding hydrogens is 448 g/mol. The molecule has 1 saturated carbocycles. The minimum absolute atomic E-state index is 0.0670. The number of aliphatic hydroxyl groups excluding tert-OH is 4. The normalized spacial score (nSPS) is 41.8. The van der Waals surface area contributed by atoms with E-state index in [0.29, 0.717) is 12.8 Å². The van der Waals surface area contributed by atoms with Gasteiger partial charge in [0.25, 0.3) is 0 Å². The fourth-order valence-corrected chi connectivity index (χ4v) is 4.82. The van der Waals surface area contributed by atoms with Crippen LogP contribution < -0.4 is 0 Å². The van der Waals surface area contributed by atoms with Crippen molar-refractivity contribution in [1.82, 2.24) is 0 Å². The Morgan fingerprint density at radius 3 is 2.62 bits per heavy atom. The van der Waals surface area contributed by atoms with Gasteiger partial charge in [0, 0.05) is 6.08 Å². The van der Waals surface area contributed by atoms with Crippen LogP contribution in [0.5, 0.6) is 0 Å². The molecule has 0 aromatic heterocycles. The number of carbonyl (C=O) groups excluding carboxylic acids is 1. The molecule has 186 valence electrons. The van der Waals surface area contributed by atoms with Gasteiger partial charge in [-0.1, -0.05) is 30.3 Å². The summed E-state index contributed by atoms with van der Waals surface area (Å²) in [5, 5.41) is 50.1. The second-order valence-electron chi connectivity index (χ2n) is 9.09. The lowest BCUT2D eigenvalue weighted by molar-refractivity contribution is -0.417. The number of fused-ring (bicyclic) bond motifs is 1. The Kier molecular flexibility index (Phi) is 7.11. The summed E-state index contributed by atoms with van der Waals surface area (Å²) < 4.78 is 22.4. The zero-order valence-corrected chi connectivity index (χ0v) is 18.6. The maximum Gasteiger partial charge on any atom is 0.331 e. The molecule has 10 heteroatoms. The Balaban J connectivity index is 1.49. The summed E-state index contributed by atoms with van der Waals surface area (Å²) in [6, 6.07) is 9.30. The lowest BCUT2D eigenvalue weighted by Gasteiger charge is -2.46. The standard InChI is InChI=1S/C24H30O10/c1-23(33-16(26)8-7-14-5-3-2-4-6-14)11-9-15-10-12-31-21(17(15)23)32-22-19(28)18(27)20(29)24(30,13-25)34-22/h2-8,10,12,15,17-22,25,27-30H,9,11,13H2,1H3/t15-,17-,18-,19-,20+,21?,22+,23+,24-/m1/s1. The molecule has 9 atom stereocenters. The third-order valence-corrected chi connectivity index (χ3v) is 6.75. The lowest BCUT2D eigenvalue weighted by atomic mass is 9.85. The van der Waals surface area contributed by atoms with E-state index in [1.54, 1.807) is 13.0 Å². The number of rotatable bonds is 6. The van der Waals surface area contributed by atoms with Crippen LogP contribution in [0.25, 0.3) is 6.08 Å². The van der Waals surface area contributed by atoms with E-state index in [4.69, 9.17) is 18.9 Å². The van der Waals surface area contributed by atoms with Gasteiger partial charge in [-0.25, -0.2) is 4.79 Å². The maximum atomic E-state index is 12.6. The summed E-state index contributed by atoms with van der Waals surface area (Å²) in [5.41, 5.74) is -0.136. The molecule has 1 aromatic rings. The number of ether oxygens (including phenoxy) is 4. The third kappa shape index (κ3) is 4.76. The number of allylic oxidation sites excluding steroid dienone is 1. The molecule has 3 aliphatic rings. The summed E-state index contributed by atoms with van der Waals surface area (Å²) in [6.07, 6.45) is -0.762. The van der Waals surface area contributed by atoms with Gasteiger partial charge in [-0.15, -0.1) is 0 Å². The van der Waals surface area contributed by atoms with Crippen molar-refractivity contribution in [2.45, 2.75) is 62.0 Å². The quantitative estimate of drug-likeness (QED) is 0.279. The van der Waals surface area contributed by atoms with Gasteiger partial charge in [0.05, 0.1) is 18.8 Å². The Hall–Kier alpha value is -2.31. The molecule has 0 spiro atoms. The van der Waals surface area contributed by atoms with E-state index in [9.17, 15) is 30.3 Å². The number of carbonyl (C=O) groups is 1. The SMILES string of the molecule is C[C@]1(OC(=O)C=Cc2ccccc2)CC[C@@H]2C=COC(O[C@H]3O[C@](O)(CO)[C@@H](O)[C@H](O)[C@H]3O)[C@@H]21. The second kappa shape index (κ2) is 9.74. The molecule has 1 saturated heterocycles. The monoisotopic (exact) mass is 478 g/mol. The van der Waals surface area contributed by atoms with Crippen molar-refractivity contribution in [3.8, 4) is 0 Å². The first-order valence-corrected chi connectivity index (χ1v) is 11.2. The first kappa shape index (κ1) is 24.8. The maximum absolute atomic E-state index is 12.6. The lowest BCUT2D eigenvalue weighted by Crippen LogP contribution is -2.67. The minimum Gasteiger partial charge on any atom is -0.472 e. The number of hydrogen-bond acceptors (Lipinski definition) is 10. The van der Waals surface area contributed by atoms with Crippen molar-refractivity contribution in [3.05, 3.63) is 54.3 Å². The van der Waals surface area contributed by atoms with E-state index >= 15 is 0 Å². The molecule has 0 radical (unpaired) electrons. The van der Waals surface area contributed by atoms with Gasteiger partial charge in [0.1, 0.15) is 23.9 Å². The van der Waals surface area contributed by atoms with E-state index < -0.39 is 60.8 Å². The predicted octanol–water partition coefficient (Wildman–Crippen LogP) is 0.0344. The number of benzene rings is 1. The molecule has 1 aromatic carbocycles. The van der Waals surface area contributed by atoms with Gasteiger partial charge in [-0.05, 0) is 43.4 Å². The van der Waals surface area contributed by atoms with Gasteiger partial charge in [0.15, 0.2) is 6.29 Å². The van der Waals surface area contributed by atoms with E-state index in [1.165, 1.54) is 12.3 Å². The minimum atomic E-state index is -2.54. The van der Waals surface area contributed by atoms with Crippen molar-refractivity contribution in [2.24, 2.45) is 11.8 Å². The topological polar surface area (TPSA) is 155 Å². The highest BCUT2D eigenvalue weighted by Gasteiger charge is 2.57. The molecule has 5 N–H and O–H groups in total. The first-order valence-electron chi connectivity index (χ1n) is 11.2. The molecule has 4 rings (SSSR count). The Morgan fingerprint density at radius 1 is 1.18 bits per heavy atom. The molecule has 10 nitrogen and oxygen atoms in total. The van der Waals surface area contributed by atoms with Crippen LogP contribution in [0.2, 0.25) is 0 Å². The average molecular weight is 478 g/mol. The molecule has 1 aliphatic carbocycles. The van der Waals surface area contributed by atoms with Gasteiger partial charge in [-0.2, -0.15) is 0 Å². The summed E-state index contributed by atoms with van der Waals surface area (Å²) in [7, 11) is 0.